The predicted octanol–water partition coefficient (Wildman–Crippen LogP) is 3.13. The minimum atomic E-state index is -0.0813. The first kappa shape index (κ1) is 16.3. The number of hydrogen-bond donors (Lipinski definition) is 1. The predicted molar refractivity (Wildman–Crippen MR) is 95.8 cm³/mol. The third kappa shape index (κ3) is 3.83. The van der Waals surface area contributed by atoms with Gasteiger partial charge in [0.2, 0.25) is 0 Å². The van der Waals surface area contributed by atoms with Crippen molar-refractivity contribution in [3.63, 3.8) is 0 Å². The summed E-state index contributed by atoms with van der Waals surface area (Å²) in [6.07, 6.45) is 7.47. The number of hydrogen-bond acceptors (Lipinski definition) is 4. The fourth-order valence-electron chi connectivity index (χ4n) is 2.30. The number of benzene rings is 1. The van der Waals surface area contributed by atoms with E-state index in [4.69, 9.17) is 0 Å². The molecule has 1 aromatic carbocycles. The van der Waals surface area contributed by atoms with Gasteiger partial charge in [-0.3, -0.25) is 14.5 Å². The smallest absolute Gasteiger partial charge is 0.251 e. The summed E-state index contributed by atoms with van der Waals surface area (Å²) >= 11 is 1.62. The SMILES string of the molecule is CSc1cccc(C(=O)NCc2ccc(-c3cnn(C)c3)nc2)c1. The monoisotopic (exact) mass is 338 g/mol. The molecule has 6 heteroatoms. The molecule has 0 fully saturated rings. The van der Waals surface area contributed by atoms with Crippen LogP contribution >= 0.6 is 11.8 Å². The number of pyridine rings is 1. The molecular weight excluding hydrogens is 320 g/mol. The minimum absolute atomic E-state index is 0.0813. The van der Waals surface area contributed by atoms with Gasteiger partial charge in [-0.05, 0) is 36.1 Å². The Morgan fingerprint density at radius 3 is 2.79 bits per heavy atom. The lowest BCUT2D eigenvalue weighted by Crippen LogP contribution is -2.22. The maximum absolute atomic E-state index is 12.2. The average molecular weight is 338 g/mol. The van der Waals surface area contributed by atoms with Gasteiger partial charge in [-0.1, -0.05) is 12.1 Å². The molecule has 0 radical (unpaired) electrons. The molecule has 0 unspecified atom stereocenters. The second kappa shape index (κ2) is 7.31. The van der Waals surface area contributed by atoms with Crippen LogP contribution in [0, 0.1) is 0 Å². The number of aromatic nitrogens is 3. The fraction of sp³-hybridized carbons (Fsp3) is 0.167. The zero-order valence-corrected chi connectivity index (χ0v) is 14.4. The first-order valence-corrected chi connectivity index (χ1v) is 8.74. The van der Waals surface area contributed by atoms with Crippen molar-refractivity contribution in [2.75, 3.05) is 6.26 Å². The van der Waals surface area contributed by atoms with Gasteiger partial charge in [-0.2, -0.15) is 5.10 Å². The molecule has 0 spiro atoms. The van der Waals surface area contributed by atoms with E-state index >= 15 is 0 Å². The number of aryl methyl sites for hydroxylation is 1. The van der Waals surface area contributed by atoms with E-state index in [1.165, 1.54) is 0 Å². The number of carbonyl (C=O) groups is 1. The molecule has 0 bridgehead atoms. The first-order valence-electron chi connectivity index (χ1n) is 7.52. The van der Waals surface area contributed by atoms with Gasteiger partial charge in [0, 0.05) is 42.0 Å². The average Bonchev–Trinajstić information content (AvgIpc) is 3.06. The third-order valence-electron chi connectivity index (χ3n) is 3.61. The molecule has 0 atom stereocenters. The molecule has 0 saturated carbocycles. The maximum atomic E-state index is 12.2. The van der Waals surface area contributed by atoms with Gasteiger partial charge in [0.15, 0.2) is 0 Å². The molecular formula is C18H18N4OS. The molecule has 1 amide bonds. The van der Waals surface area contributed by atoms with Crippen molar-refractivity contribution >= 4 is 17.7 Å². The molecule has 3 aromatic rings. The van der Waals surface area contributed by atoms with E-state index < -0.39 is 0 Å². The van der Waals surface area contributed by atoms with Crippen molar-refractivity contribution in [2.45, 2.75) is 11.4 Å². The molecule has 0 saturated heterocycles. The van der Waals surface area contributed by atoms with E-state index in [9.17, 15) is 4.79 Å². The van der Waals surface area contributed by atoms with Crippen LogP contribution in [0.1, 0.15) is 15.9 Å². The quantitative estimate of drug-likeness (QED) is 0.726. The Bertz CT molecular complexity index is 842. The summed E-state index contributed by atoms with van der Waals surface area (Å²) in [6.45, 7) is 0.447. The van der Waals surface area contributed by atoms with Crippen molar-refractivity contribution < 1.29 is 4.79 Å². The molecule has 2 aromatic heterocycles. The van der Waals surface area contributed by atoms with Gasteiger partial charge < -0.3 is 5.32 Å². The van der Waals surface area contributed by atoms with Crippen LogP contribution in [-0.4, -0.2) is 26.9 Å². The molecule has 3 rings (SSSR count). The molecule has 0 aliphatic rings. The van der Waals surface area contributed by atoms with Gasteiger partial charge in [0.1, 0.15) is 0 Å². The summed E-state index contributed by atoms with van der Waals surface area (Å²) in [6, 6.07) is 11.5. The highest BCUT2D eigenvalue weighted by molar-refractivity contribution is 7.98. The van der Waals surface area contributed by atoms with Gasteiger partial charge in [0.25, 0.3) is 5.91 Å². The van der Waals surface area contributed by atoms with Crippen LogP contribution in [0.5, 0.6) is 0 Å². The van der Waals surface area contributed by atoms with Crippen molar-refractivity contribution in [1.82, 2.24) is 20.1 Å². The van der Waals surface area contributed by atoms with Gasteiger partial charge in [-0.25, -0.2) is 0 Å². The molecule has 0 aliphatic heterocycles. The number of thioether (sulfide) groups is 1. The minimum Gasteiger partial charge on any atom is -0.348 e. The second-order valence-corrected chi connectivity index (χ2v) is 6.25. The Labute approximate surface area is 145 Å². The normalized spacial score (nSPS) is 10.6. The van der Waals surface area contributed by atoms with Crippen molar-refractivity contribution in [3.05, 3.63) is 66.1 Å². The lowest BCUT2D eigenvalue weighted by Gasteiger charge is -2.07. The van der Waals surface area contributed by atoms with Gasteiger partial charge in [0.05, 0.1) is 11.9 Å². The number of amides is 1. The third-order valence-corrected chi connectivity index (χ3v) is 4.34. The van der Waals surface area contributed by atoms with E-state index in [0.29, 0.717) is 12.1 Å². The van der Waals surface area contributed by atoms with Crippen LogP contribution in [0.3, 0.4) is 0 Å². The standard InChI is InChI=1S/C18H18N4OS/c1-22-12-15(11-21-22)17-7-6-13(9-19-17)10-20-18(23)14-4-3-5-16(8-14)24-2/h3-9,11-12H,10H2,1-2H3,(H,20,23). The zero-order valence-electron chi connectivity index (χ0n) is 13.6. The van der Waals surface area contributed by atoms with Crippen molar-refractivity contribution in [2.24, 2.45) is 7.05 Å². The van der Waals surface area contributed by atoms with Crippen LogP contribution in [0.15, 0.2) is 59.9 Å². The Balaban J connectivity index is 1.63. The summed E-state index contributed by atoms with van der Waals surface area (Å²) in [7, 11) is 1.87. The van der Waals surface area contributed by atoms with Crippen molar-refractivity contribution in [3.8, 4) is 11.3 Å². The van der Waals surface area contributed by atoms with E-state index in [2.05, 4.69) is 15.4 Å². The lowest BCUT2D eigenvalue weighted by molar-refractivity contribution is 0.0950. The topological polar surface area (TPSA) is 59.8 Å². The van der Waals surface area contributed by atoms with Crippen LogP contribution in [0.4, 0.5) is 0 Å². The zero-order chi connectivity index (χ0) is 16.9. The number of nitrogens with zero attached hydrogens (tertiary/aromatic N) is 3. The largest absolute Gasteiger partial charge is 0.348 e. The lowest BCUT2D eigenvalue weighted by atomic mass is 10.2. The maximum Gasteiger partial charge on any atom is 0.251 e. The van der Waals surface area contributed by atoms with Crippen LogP contribution in [-0.2, 0) is 13.6 Å². The summed E-state index contributed by atoms with van der Waals surface area (Å²) in [4.78, 5) is 17.7. The molecule has 2 heterocycles. The molecule has 1 N–H and O–H groups in total. The number of nitrogens with one attached hydrogen (secondary N) is 1. The van der Waals surface area contributed by atoms with Gasteiger partial charge in [-0.15, -0.1) is 11.8 Å². The van der Waals surface area contributed by atoms with E-state index in [1.807, 2.05) is 55.9 Å². The summed E-state index contributed by atoms with van der Waals surface area (Å²) in [5, 5.41) is 7.07. The highest BCUT2D eigenvalue weighted by Crippen LogP contribution is 2.17. The second-order valence-electron chi connectivity index (χ2n) is 5.37. The van der Waals surface area contributed by atoms with Crippen LogP contribution in [0.2, 0.25) is 0 Å². The highest BCUT2D eigenvalue weighted by atomic mass is 32.2. The first-order chi connectivity index (χ1) is 11.7. The summed E-state index contributed by atoms with van der Waals surface area (Å²) in [5.74, 6) is -0.0813. The summed E-state index contributed by atoms with van der Waals surface area (Å²) in [5.41, 5.74) is 3.46. The van der Waals surface area contributed by atoms with E-state index in [1.54, 1.807) is 28.8 Å². The molecule has 0 aliphatic carbocycles. The Kier molecular flexibility index (Phi) is 4.96. The molecule has 5 nitrogen and oxygen atoms in total. The number of carbonyl (C=O) groups excluding carboxylic acids is 1. The number of rotatable bonds is 5. The van der Waals surface area contributed by atoms with Crippen LogP contribution < -0.4 is 5.32 Å². The van der Waals surface area contributed by atoms with Crippen LogP contribution in [0.25, 0.3) is 11.3 Å². The Morgan fingerprint density at radius 2 is 2.12 bits per heavy atom. The van der Waals surface area contributed by atoms with Gasteiger partial charge >= 0.3 is 0 Å². The van der Waals surface area contributed by atoms with Crippen molar-refractivity contribution in [1.29, 1.82) is 0 Å². The van der Waals surface area contributed by atoms with E-state index in [-0.39, 0.29) is 5.91 Å². The summed E-state index contributed by atoms with van der Waals surface area (Å²) < 4.78 is 1.74. The molecule has 122 valence electrons. The Hall–Kier alpha value is -2.60. The highest BCUT2D eigenvalue weighted by Gasteiger charge is 2.07. The van der Waals surface area contributed by atoms with E-state index in [0.717, 1.165) is 21.7 Å². The fourth-order valence-corrected chi connectivity index (χ4v) is 2.76. The molecule has 24 heavy (non-hydrogen) atoms. The Morgan fingerprint density at radius 1 is 1.25 bits per heavy atom.